The lowest BCUT2D eigenvalue weighted by atomic mass is 10.0. The van der Waals surface area contributed by atoms with E-state index in [0.717, 1.165) is 11.1 Å². The average molecular weight is 323 g/mol. The Bertz CT molecular complexity index is 780. The molecule has 0 spiro atoms. The number of amides is 1. The number of rotatable bonds is 4. The molecule has 4 nitrogen and oxygen atoms in total. The number of fused-ring (bicyclic) bond motifs is 1. The first-order chi connectivity index (χ1) is 11.4. The molecule has 2 aromatic carbocycles. The Labute approximate surface area is 142 Å². The van der Waals surface area contributed by atoms with E-state index in [0.29, 0.717) is 24.4 Å². The summed E-state index contributed by atoms with van der Waals surface area (Å²) in [6.07, 6.45) is -0.0735. The van der Waals surface area contributed by atoms with Crippen LogP contribution in [0.25, 0.3) is 0 Å². The lowest BCUT2D eigenvalue weighted by Gasteiger charge is -2.34. The van der Waals surface area contributed by atoms with Gasteiger partial charge in [0.1, 0.15) is 11.5 Å². The van der Waals surface area contributed by atoms with Gasteiger partial charge >= 0.3 is 0 Å². The van der Waals surface area contributed by atoms with Gasteiger partial charge in [-0.3, -0.25) is 4.79 Å². The van der Waals surface area contributed by atoms with E-state index in [2.05, 4.69) is 6.58 Å². The van der Waals surface area contributed by atoms with Crippen LogP contribution in [0, 0.1) is 6.92 Å². The van der Waals surface area contributed by atoms with Crippen LogP contribution in [-0.2, 0) is 11.2 Å². The second kappa shape index (κ2) is 6.40. The summed E-state index contributed by atoms with van der Waals surface area (Å²) in [5.41, 5.74) is 3.69. The van der Waals surface area contributed by atoms with Gasteiger partial charge in [-0.25, -0.2) is 0 Å². The van der Waals surface area contributed by atoms with Crippen molar-refractivity contribution in [3.8, 4) is 11.5 Å². The highest BCUT2D eigenvalue weighted by atomic mass is 16.5. The molecule has 0 fully saturated rings. The number of phenolic OH excluding ortho intramolecular Hbond substituents is 1. The zero-order chi connectivity index (χ0) is 17.3. The molecule has 1 aliphatic heterocycles. The van der Waals surface area contributed by atoms with Gasteiger partial charge in [0.25, 0.3) is 5.91 Å². The van der Waals surface area contributed by atoms with Crippen molar-refractivity contribution in [3.05, 3.63) is 65.7 Å². The van der Waals surface area contributed by atoms with Gasteiger partial charge in [0.05, 0.1) is 5.69 Å². The molecular formula is C20H21NO3. The first kappa shape index (κ1) is 16.1. The predicted molar refractivity (Wildman–Crippen MR) is 94.6 cm³/mol. The molecule has 1 heterocycles. The topological polar surface area (TPSA) is 49.8 Å². The smallest absolute Gasteiger partial charge is 0.268 e. The van der Waals surface area contributed by atoms with Crippen molar-refractivity contribution >= 4 is 11.6 Å². The molecule has 4 heteroatoms. The summed E-state index contributed by atoms with van der Waals surface area (Å²) in [7, 11) is 0. The number of carbonyl (C=O) groups is 1. The molecule has 0 aromatic heterocycles. The molecule has 0 saturated carbocycles. The first-order valence-electron chi connectivity index (χ1n) is 7.95. The summed E-state index contributed by atoms with van der Waals surface area (Å²) >= 11 is 0. The number of aromatic hydroxyl groups is 1. The molecule has 3 rings (SSSR count). The Morgan fingerprint density at radius 3 is 2.62 bits per heavy atom. The second-order valence-corrected chi connectivity index (χ2v) is 6.33. The van der Waals surface area contributed by atoms with Gasteiger partial charge < -0.3 is 14.7 Å². The van der Waals surface area contributed by atoms with Crippen molar-refractivity contribution in [2.24, 2.45) is 0 Å². The summed E-state index contributed by atoms with van der Waals surface area (Å²) in [4.78, 5) is 14.5. The zero-order valence-electron chi connectivity index (χ0n) is 14.0. The van der Waals surface area contributed by atoms with Gasteiger partial charge in [0.2, 0.25) is 0 Å². The Hall–Kier alpha value is -2.75. The van der Waals surface area contributed by atoms with Crippen molar-refractivity contribution in [3.63, 3.8) is 0 Å². The monoisotopic (exact) mass is 323 g/mol. The highest BCUT2D eigenvalue weighted by Crippen LogP contribution is 2.37. The van der Waals surface area contributed by atoms with Gasteiger partial charge in [0, 0.05) is 19.0 Å². The number of hydrogen-bond donors (Lipinski definition) is 1. The predicted octanol–water partition coefficient (Wildman–Crippen LogP) is 3.61. The molecule has 0 saturated heterocycles. The van der Waals surface area contributed by atoms with Crippen molar-refractivity contribution < 1.29 is 14.6 Å². The van der Waals surface area contributed by atoms with Crippen LogP contribution in [0.2, 0.25) is 0 Å². The highest BCUT2D eigenvalue weighted by Gasteiger charge is 2.34. The van der Waals surface area contributed by atoms with Gasteiger partial charge in [-0.2, -0.15) is 0 Å². The number of nitrogens with zero attached hydrogens (tertiary/aromatic N) is 1. The Kier molecular flexibility index (Phi) is 4.30. The SMILES string of the molecule is C=C(C)CN1C(=O)C(Cc2ccc(C)cc2)Oc2ccc(O)cc21. The van der Waals surface area contributed by atoms with Crippen LogP contribution in [0.5, 0.6) is 11.5 Å². The fraction of sp³-hybridized carbons (Fsp3) is 0.250. The summed E-state index contributed by atoms with van der Waals surface area (Å²) < 4.78 is 5.91. The molecule has 124 valence electrons. The van der Waals surface area contributed by atoms with Crippen LogP contribution in [0.3, 0.4) is 0 Å². The molecule has 1 aliphatic rings. The summed E-state index contributed by atoms with van der Waals surface area (Å²) in [6.45, 7) is 8.21. The van der Waals surface area contributed by atoms with Crippen LogP contribution in [0.4, 0.5) is 5.69 Å². The van der Waals surface area contributed by atoms with Gasteiger partial charge in [0.15, 0.2) is 6.10 Å². The number of ether oxygens (including phenoxy) is 1. The molecule has 0 aliphatic carbocycles. The molecule has 1 N–H and O–H groups in total. The summed E-state index contributed by atoms with van der Waals surface area (Å²) in [5.74, 6) is 0.594. The van der Waals surface area contributed by atoms with Crippen LogP contribution >= 0.6 is 0 Å². The maximum absolute atomic E-state index is 12.9. The molecule has 1 amide bonds. The van der Waals surface area contributed by atoms with Crippen LogP contribution < -0.4 is 9.64 Å². The second-order valence-electron chi connectivity index (χ2n) is 6.33. The fourth-order valence-corrected chi connectivity index (χ4v) is 2.81. The Morgan fingerprint density at radius 1 is 1.25 bits per heavy atom. The average Bonchev–Trinajstić information content (AvgIpc) is 2.54. The standard InChI is InChI=1S/C20H21NO3/c1-13(2)12-21-17-11-16(22)8-9-18(17)24-19(20(21)23)10-15-6-4-14(3)5-7-15/h4-9,11,19,22H,1,10,12H2,2-3H3. The zero-order valence-corrected chi connectivity index (χ0v) is 14.0. The molecule has 24 heavy (non-hydrogen) atoms. The molecule has 1 unspecified atom stereocenters. The lowest BCUT2D eigenvalue weighted by molar-refractivity contribution is -0.126. The normalized spacial score (nSPS) is 16.5. The largest absolute Gasteiger partial charge is 0.508 e. The lowest BCUT2D eigenvalue weighted by Crippen LogP contribution is -2.47. The Balaban J connectivity index is 1.92. The number of carbonyl (C=O) groups excluding carboxylic acids is 1. The van der Waals surface area contributed by atoms with Gasteiger partial charge in [-0.15, -0.1) is 0 Å². The maximum Gasteiger partial charge on any atom is 0.268 e. The molecule has 0 radical (unpaired) electrons. The van der Waals surface area contributed by atoms with E-state index in [-0.39, 0.29) is 11.7 Å². The Morgan fingerprint density at radius 2 is 1.96 bits per heavy atom. The number of hydrogen-bond acceptors (Lipinski definition) is 3. The van der Waals surface area contributed by atoms with Gasteiger partial charge in [-0.1, -0.05) is 42.0 Å². The summed E-state index contributed by atoms with van der Waals surface area (Å²) in [5, 5.41) is 9.74. The third-order valence-electron chi connectivity index (χ3n) is 4.01. The number of aryl methyl sites for hydroxylation is 1. The van der Waals surface area contributed by atoms with Crippen molar-refractivity contribution in [2.75, 3.05) is 11.4 Å². The molecule has 0 bridgehead atoms. The molecule has 1 atom stereocenters. The molecular weight excluding hydrogens is 302 g/mol. The van der Waals surface area contributed by atoms with E-state index in [1.165, 1.54) is 5.56 Å². The van der Waals surface area contributed by atoms with E-state index in [1.54, 1.807) is 23.1 Å². The van der Waals surface area contributed by atoms with Crippen molar-refractivity contribution in [1.82, 2.24) is 0 Å². The third-order valence-corrected chi connectivity index (χ3v) is 4.01. The molecule has 2 aromatic rings. The fourth-order valence-electron chi connectivity index (χ4n) is 2.81. The quantitative estimate of drug-likeness (QED) is 0.875. The van der Waals surface area contributed by atoms with Crippen LogP contribution in [0.1, 0.15) is 18.1 Å². The number of anilines is 1. The minimum absolute atomic E-state index is 0.105. The highest BCUT2D eigenvalue weighted by molar-refractivity contribution is 6.00. The minimum Gasteiger partial charge on any atom is -0.508 e. The van der Waals surface area contributed by atoms with E-state index in [4.69, 9.17) is 4.74 Å². The van der Waals surface area contributed by atoms with E-state index >= 15 is 0 Å². The van der Waals surface area contributed by atoms with E-state index < -0.39 is 6.10 Å². The number of benzene rings is 2. The van der Waals surface area contributed by atoms with E-state index in [9.17, 15) is 9.90 Å². The van der Waals surface area contributed by atoms with Crippen molar-refractivity contribution in [1.29, 1.82) is 0 Å². The van der Waals surface area contributed by atoms with Gasteiger partial charge in [-0.05, 0) is 31.5 Å². The minimum atomic E-state index is -0.580. The van der Waals surface area contributed by atoms with Crippen LogP contribution in [0.15, 0.2) is 54.6 Å². The van der Waals surface area contributed by atoms with Crippen molar-refractivity contribution in [2.45, 2.75) is 26.4 Å². The first-order valence-corrected chi connectivity index (χ1v) is 7.95. The maximum atomic E-state index is 12.9. The third kappa shape index (κ3) is 3.27. The van der Waals surface area contributed by atoms with E-state index in [1.807, 2.05) is 38.1 Å². The number of phenols is 1. The summed E-state index contributed by atoms with van der Waals surface area (Å²) in [6, 6.07) is 12.9. The van der Waals surface area contributed by atoms with Crippen LogP contribution in [-0.4, -0.2) is 23.7 Å².